The number of carbonyl (C=O) groups is 1. The van der Waals surface area contributed by atoms with Gasteiger partial charge in [-0.2, -0.15) is 0 Å². The Balaban J connectivity index is 1.09. The van der Waals surface area contributed by atoms with Crippen molar-refractivity contribution in [3.63, 3.8) is 0 Å². The number of ether oxygens (including phenoxy) is 2. The molecule has 4 heterocycles. The number of rotatable bonds is 4. The van der Waals surface area contributed by atoms with E-state index in [4.69, 9.17) is 9.47 Å². The predicted octanol–water partition coefficient (Wildman–Crippen LogP) is 1.83. The molecule has 0 radical (unpaired) electrons. The highest BCUT2D eigenvalue weighted by atomic mass is 32.2. The molecule has 166 valence electrons. The van der Waals surface area contributed by atoms with Crippen LogP contribution in [0.4, 0.5) is 0 Å². The van der Waals surface area contributed by atoms with E-state index in [2.05, 4.69) is 33.7 Å². The molecule has 5 aliphatic rings. The van der Waals surface area contributed by atoms with Crippen LogP contribution in [0.15, 0.2) is 24.1 Å². The van der Waals surface area contributed by atoms with Crippen LogP contribution in [0.5, 0.6) is 0 Å². The number of hydrogen-bond acceptors (Lipinski definition) is 7. The monoisotopic (exact) mass is 434 g/mol. The zero-order valence-electron chi connectivity index (χ0n) is 17.8. The second-order valence-corrected chi connectivity index (χ2v) is 10.5. The van der Waals surface area contributed by atoms with Crippen molar-refractivity contribution in [1.82, 2.24) is 20.7 Å². The number of morpholine rings is 1. The average molecular weight is 435 g/mol. The maximum atomic E-state index is 13.0. The van der Waals surface area contributed by atoms with Gasteiger partial charge in [-0.25, -0.2) is 5.43 Å². The number of thioether (sulfide) groups is 1. The number of amides is 1. The summed E-state index contributed by atoms with van der Waals surface area (Å²) in [4.78, 5) is 15.6. The van der Waals surface area contributed by atoms with Crippen LogP contribution in [0.2, 0.25) is 0 Å². The predicted molar refractivity (Wildman–Crippen MR) is 117 cm³/mol. The molecule has 1 saturated carbocycles. The van der Waals surface area contributed by atoms with Crippen LogP contribution in [-0.2, 0) is 14.3 Å². The molecule has 8 heteroatoms. The lowest BCUT2D eigenvalue weighted by Crippen LogP contribution is -2.48. The first-order valence-electron chi connectivity index (χ1n) is 11.5. The Morgan fingerprint density at radius 3 is 2.73 bits per heavy atom. The van der Waals surface area contributed by atoms with E-state index in [1.165, 1.54) is 18.5 Å². The molecule has 4 aliphatic heterocycles. The summed E-state index contributed by atoms with van der Waals surface area (Å²) in [5, 5.41) is 6.01. The first kappa shape index (κ1) is 20.7. The van der Waals surface area contributed by atoms with Gasteiger partial charge in [0.2, 0.25) is 5.91 Å². The minimum Gasteiger partial charge on any atom is -0.497 e. The zero-order valence-corrected chi connectivity index (χ0v) is 18.6. The summed E-state index contributed by atoms with van der Waals surface area (Å²) in [6.07, 6.45) is 11.4. The Hall–Kier alpha value is -1.22. The van der Waals surface area contributed by atoms with Gasteiger partial charge in [0.15, 0.2) is 0 Å². The SMILES string of the molecule is CC1C2CC(C(=O)NC3CCC(N4CCOCC4)CC3)SC2NN1C1=CCOC=C1. The van der Waals surface area contributed by atoms with Gasteiger partial charge in [-0.1, -0.05) is 0 Å². The van der Waals surface area contributed by atoms with E-state index in [1.54, 1.807) is 18.0 Å². The van der Waals surface area contributed by atoms with Gasteiger partial charge in [0.05, 0.1) is 35.8 Å². The van der Waals surface area contributed by atoms with E-state index in [-0.39, 0.29) is 11.2 Å². The Kier molecular flexibility index (Phi) is 6.27. The molecule has 0 aromatic heterocycles. The van der Waals surface area contributed by atoms with Crippen molar-refractivity contribution in [2.24, 2.45) is 5.92 Å². The van der Waals surface area contributed by atoms with Gasteiger partial charge in [0, 0.05) is 37.1 Å². The molecule has 0 bridgehead atoms. The minimum absolute atomic E-state index is 0.0632. The molecule has 4 unspecified atom stereocenters. The van der Waals surface area contributed by atoms with Gasteiger partial charge >= 0.3 is 0 Å². The Morgan fingerprint density at radius 2 is 2.03 bits per heavy atom. The summed E-state index contributed by atoms with van der Waals surface area (Å²) in [7, 11) is 0. The number of hydrogen-bond donors (Lipinski definition) is 2. The molecule has 4 fully saturated rings. The van der Waals surface area contributed by atoms with E-state index in [9.17, 15) is 4.79 Å². The normalized spacial score (nSPS) is 39.4. The third kappa shape index (κ3) is 4.24. The number of hydrazine groups is 1. The van der Waals surface area contributed by atoms with Crippen LogP contribution in [-0.4, -0.2) is 77.5 Å². The van der Waals surface area contributed by atoms with Gasteiger partial charge in [0.1, 0.15) is 6.61 Å². The zero-order chi connectivity index (χ0) is 20.5. The van der Waals surface area contributed by atoms with Crippen molar-refractivity contribution in [2.75, 3.05) is 32.9 Å². The fraction of sp³-hybridized carbons (Fsp3) is 0.773. The van der Waals surface area contributed by atoms with Gasteiger partial charge in [0.25, 0.3) is 0 Å². The Labute approximate surface area is 183 Å². The topological polar surface area (TPSA) is 66.1 Å². The van der Waals surface area contributed by atoms with Gasteiger partial charge < -0.3 is 19.8 Å². The van der Waals surface area contributed by atoms with E-state index >= 15 is 0 Å². The molecule has 7 nitrogen and oxygen atoms in total. The Morgan fingerprint density at radius 1 is 1.23 bits per heavy atom. The lowest BCUT2D eigenvalue weighted by Gasteiger charge is -2.39. The maximum absolute atomic E-state index is 13.0. The second-order valence-electron chi connectivity index (χ2n) is 9.11. The maximum Gasteiger partial charge on any atom is 0.233 e. The van der Waals surface area contributed by atoms with Crippen molar-refractivity contribution in [2.45, 2.75) is 67.8 Å². The summed E-state index contributed by atoms with van der Waals surface area (Å²) in [5.41, 5.74) is 4.80. The molecule has 2 N–H and O–H groups in total. The number of allylic oxidation sites excluding steroid dienone is 1. The number of fused-ring (bicyclic) bond motifs is 1. The molecule has 0 aromatic carbocycles. The van der Waals surface area contributed by atoms with Gasteiger partial charge in [-0.05, 0) is 51.2 Å². The van der Waals surface area contributed by atoms with Crippen LogP contribution in [0.3, 0.4) is 0 Å². The minimum atomic E-state index is 0.0632. The van der Waals surface area contributed by atoms with Gasteiger partial charge in [-0.3, -0.25) is 9.69 Å². The van der Waals surface area contributed by atoms with E-state index < -0.39 is 0 Å². The molecule has 0 aromatic rings. The van der Waals surface area contributed by atoms with Crippen LogP contribution in [0.25, 0.3) is 0 Å². The fourth-order valence-corrected chi connectivity index (χ4v) is 7.17. The molecule has 5 rings (SSSR count). The Bertz CT molecular complexity index is 688. The summed E-state index contributed by atoms with van der Waals surface area (Å²) in [6, 6.07) is 1.39. The second kappa shape index (κ2) is 9.10. The quantitative estimate of drug-likeness (QED) is 0.700. The van der Waals surface area contributed by atoms with Crippen molar-refractivity contribution in [3.8, 4) is 0 Å². The fourth-order valence-electron chi connectivity index (χ4n) is 5.58. The molecule has 4 atom stereocenters. The highest BCUT2D eigenvalue weighted by molar-refractivity contribution is 8.01. The van der Waals surface area contributed by atoms with Crippen LogP contribution in [0, 0.1) is 5.92 Å². The summed E-state index contributed by atoms with van der Waals surface area (Å²) in [6.45, 7) is 6.73. The first-order valence-corrected chi connectivity index (χ1v) is 12.4. The highest BCUT2D eigenvalue weighted by Gasteiger charge is 2.48. The van der Waals surface area contributed by atoms with Crippen molar-refractivity contribution in [1.29, 1.82) is 0 Å². The standard InChI is InChI=1S/C22H34N4O3S/c1-15-19-14-20(30-22(19)24-26(15)18-6-10-28-11-7-18)21(27)23-16-2-4-17(5-3-16)25-8-12-29-13-9-25/h6-7,10,15-17,19-20,22,24H,2-5,8-9,11-14H2,1H3,(H,23,27). The molecule has 1 amide bonds. The largest absolute Gasteiger partial charge is 0.497 e. The van der Waals surface area contributed by atoms with Crippen LogP contribution in [0.1, 0.15) is 39.0 Å². The molecular formula is C22H34N4O3S. The average Bonchev–Trinajstić information content (AvgIpc) is 3.35. The molecule has 30 heavy (non-hydrogen) atoms. The lowest BCUT2D eigenvalue weighted by atomic mass is 9.89. The van der Waals surface area contributed by atoms with Crippen molar-refractivity contribution < 1.29 is 14.3 Å². The molecule has 0 spiro atoms. The first-order chi connectivity index (χ1) is 14.7. The smallest absolute Gasteiger partial charge is 0.233 e. The molecule has 1 aliphatic carbocycles. The molecular weight excluding hydrogens is 400 g/mol. The van der Waals surface area contributed by atoms with E-state index in [1.807, 2.05) is 6.08 Å². The lowest BCUT2D eigenvalue weighted by molar-refractivity contribution is -0.121. The summed E-state index contributed by atoms with van der Waals surface area (Å²) in [5.74, 6) is 0.731. The van der Waals surface area contributed by atoms with Crippen LogP contribution < -0.4 is 10.7 Å². The number of nitrogens with zero attached hydrogens (tertiary/aromatic N) is 2. The van der Waals surface area contributed by atoms with Gasteiger partial charge in [-0.15, -0.1) is 11.8 Å². The highest BCUT2D eigenvalue weighted by Crippen LogP contribution is 2.45. The summed E-state index contributed by atoms with van der Waals surface area (Å²) < 4.78 is 10.8. The number of nitrogens with one attached hydrogen (secondary N) is 2. The molecule has 3 saturated heterocycles. The van der Waals surface area contributed by atoms with Crippen molar-refractivity contribution in [3.05, 3.63) is 24.1 Å². The van der Waals surface area contributed by atoms with E-state index in [0.29, 0.717) is 36.0 Å². The third-order valence-electron chi connectivity index (χ3n) is 7.38. The summed E-state index contributed by atoms with van der Waals surface area (Å²) >= 11 is 1.80. The van der Waals surface area contributed by atoms with Crippen molar-refractivity contribution >= 4 is 17.7 Å². The number of carbonyl (C=O) groups excluding carboxylic acids is 1. The van der Waals surface area contributed by atoms with Crippen LogP contribution >= 0.6 is 11.8 Å². The van der Waals surface area contributed by atoms with E-state index in [0.717, 1.165) is 45.6 Å². The third-order valence-corrected chi connectivity index (χ3v) is 8.86.